The maximum atomic E-state index is 12.3. The molecule has 5 nitrogen and oxygen atoms in total. The third-order valence-electron chi connectivity index (χ3n) is 1.67. The van der Waals surface area contributed by atoms with Crippen molar-refractivity contribution in [2.75, 3.05) is 5.73 Å². The van der Waals surface area contributed by atoms with Crippen molar-refractivity contribution in [3.63, 3.8) is 0 Å². The topological polar surface area (TPSA) is 106 Å². The largest absolute Gasteiger partial charge is 0.383 e. The number of nitrogens with zero attached hydrogens (tertiary/aromatic N) is 2. The first-order valence-corrected chi connectivity index (χ1v) is 3.75. The minimum absolute atomic E-state index is 0.285. The molecule has 0 bridgehead atoms. The summed E-state index contributed by atoms with van der Waals surface area (Å²) >= 11 is 0. The molecule has 1 amide bonds. The molecule has 15 heavy (non-hydrogen) atoms. The number of halogens is 2. The number of amides is 1. The van der Waals surface area contributed by atoms with Crippen molar-refractivity contribution < 1.29 is 13.6 Å². The molecule has 0 atom stereocenters. The Kier molecular flexibility index (Phi) is 2.80. The minimum atomic E-state index is -2.88. The van der Waals surface area contributed by atoms with Crippen LogP contribution in [0.15, 0.2) is 6.07 Å². The Balaban J connectivity index is 3.47. The van der Waals surface area contributed by atoms with Crippen LogP contribution < -0.4 is 11.5 Å². The number of nitrogens with two attached hydrogens (primary N) is 2. The first-order valence-electron chi connectivity index (χ1n) is 3.75. The first kappa shape index (κ1) is 10.8. The lowest BCUT2D eigenvalue weighted by Gasteiger charge is -2.05. The Morgan fingerprint density at radius 2 is 2.20 bits per heavy atom. The van der Waals surface area contributed by atoms with E-state index in [1.165, 1.54) is 0 Å². The molecule has 1 heterocycles. The molecule has 0 saturated carbocycles. The Bertz CT molecular complexity index is 453. The number of carbonyl (C=O) groups is 1. The molecule has 0 aromatic carbocycles. The quantitative estimate of drug-likeness (QED) is 0.747. The third kappa shape index (κ3) is 1.99. The van der Waals surface area contributed by atoms with Gasteiger partial charge in [0, 0.05) is 0 Å². The van der Waals surface area contributed by atoms with Crippen molar-refractivity contribution >= 4 is 11.7 Å². The van der Waals surface area contributed by atoms with Crippen molar-refractivity contribution in [3.8, 4) is 6.07 Å². The van der Waals surface area contributed by atoms with E-state index in [2.05, 4.69) is 4.98 Å². The van der Waals surface area contributed by atoms with Gasteiger partial charge < -0.3 is 11.5 Å². The van der Waals surface area contributed by atoms with E-state index in [0.29, 0.717) is 0 Å². The average Bonchev–Trinajstić information content (AvgIpc) is 2.16. The molecular weight excluding hydrogens is 206 g/mol. The lowest BCUT2D eigenvalue weighted by Crippen LogP contribution is -2.16. The summed E-state index contributed by atoms with van der Waals surface area (Å²) in [5.74, 6) is -1.42. The van der Waals surface area contributed by atoms with Crippen molar-refractivity contribution in [3.05, 3.63) is 22.9 Å². The fourth-order valence-electron chi connectivity index (χ4n) is 1.01. The van der Waals surface area contributed by atoms with Crippen LogP contribution in [0.3, 0.4) is 0 Å². The number of hydrogen-bond acceptors (Lipinski definition) is 4. The third-order valence-corrected chi connectivity index (χ3v) is 1.67. The molecule has 1 rings (SSSR count). The molecule has 78 valence electrons. The summed E-state index contributed by atoms with van der Waals surface area (Å²) in [7, 11) is 0. The zero-order valence-electron chi connectivity index (χ0n) is 7.37. The molecule has 0 fully saturated rings. The second-order valence-corrected chi connectivity index (χ2v) is 2.63. The van der Waals surface area contributed by atoms with Crippen LogP contribution >= 0.6 is 0 Å². The van der Waals surface area contributed by atoms with Gasteiger partial charge in [-0.3, -0.25) is 4.79 Å². The van der Waals surface area contributed by atoms with Crippen molar-refractivity contribution in [1.29, 1.82) is 5.26 Å². The highest BCUT2D eigenvalue weighted by Gasteiger charge is 2.18. The number of alkyl halides is 2. The highest BCUT2D eigenvalue weighted by atomic mass is 19.3. The molecule has 1 aromatic rings. The van der Waals surface area contributed by atoms with Gasteiger partial charge >= 0.3 is 0 Å². The Morgan fingerprint density at radius 1 is 1.60 bits per heavy atom. The molecule has 0 radical (unpaired) electrons. The van der Waals surface area contributed by atoms with Gasteiger partial charge in [-0.2, -0.15) is 5.26 Å². The number of pyridine rings is 1. The number of anilines is 1. The Labute approximate surface area is 83.3 Å². The summed E-state index contributed by atoms with van der Waals surface area (Å²) < 4.78 is 24.5. The number of aromatic nitrogens is 1. The van der Waals surface area contributed by atoms with Crippen LogP contribution in [0, 0.1) is 11.3 Å². The van der Waals surface area contributed by atoms with Crippen LogP contribution in [-0.4, -0.2) is 10.9 Å². The number of rotatable bonds is 2. The molecule has 0 spiro atoms. The van der Waals surface area contributed by atoms with Crippen molar-refractivity contribution in [1.82, 2.24) is 4.98 Å². The molecule has 0 aliphatic heterocycles. The zero-order chi connectivity index (χ0) is 11.6. The van der Waals surface area contributed by atoms with E-state index in [1.807, 2.05) is 0 Å². The predicted octanol–water partition coefficient (Wildman–Crippen LogP) is 0.572. The monoisotopic (exact) mass is 212 g/mol. The smallest absolute Gasteiger partial charge is 0.280 e. The van der Waals surface area contributed by atoms with Crippen LogP contribution in [0.25, 0.3) is 0 Å². The highest BCUT2D eigenvalue weighted by Crippen LogP contribution is 2.22. The SMILES string of the molecule is N#Cc1c(C(N)=O)cc(C(F)F)nc1N. The van der Waals surface area contributed by atoms with Gasteiger partial charge in [0.15, 0.2) is 0 Å². The second-order valence-electron chi connectivity index (χ2n) is 2.63. The fourth-order valence-corrected chi connectivity index (χ4v) is 1.01. The maximum absolute atomic E-state index is 12.3. The first-order chi connectivity index (χ1) is 6.97. The standard InChI is InChI=1S/C8H6F2N4O/c9-6(10)5-1-3(8(13)15)4(2-11)7(12)14-5/h1,6H,(H2,12,14)(H2,13,15). The van der Waals surface area contributed by atoms with Crippen LogP contribution in [0.4, 0.5) is 14.6 Å². The number of nitriles is 1. The van der Waals surface area contributed by atoms with Crippen LogP contribution in [-0.2, 0) is 0 Å². The van der Waals surface area contributed by atoms with E-state index >= 15 is 0 Å². The van der Waals surface area contributed by atoms with Gasteiger partial charge in [0.25, 0.3) is 6.43 Å². The van der Waals surface area contributed by atoms with E-state index in [1.54, 1.807) is 6.07 Å². The Hall–Kier alpha value is -2.23. The summed E-state index contributed by atoms with van der Waals surface area (Å²) in [6.07, 6.45) is -2.88. The fraction of sp³-hybridized carbons (Fsp3) is 0.125. The van der Waals surface area contributed by atoms with Gasteiger partial charge in [-0.25, -0.2) is 13.8 Å². The van der Waals surface area contributed by atoms with E-state index in [4.69, 9.17) is 16.7 Å². The summed E-state index contributed by atoms with van der Waals surface area (Å²) in [6.45, 7) is 0. The summed E-state index contributed by atoms with van der Waals surface area (Å²) in [5, 5.41) is 8.61. The average molecular weight is 212 g/mol. The van der Waals surface area contributed by atoms with Crippen LogP contribution in [0.5, 0.6) is 0 Å². The molecule has 0 aliphatic rings. The maximum Gasteiger partial charge on any atom is 0.280 e. The van der Waals surface area contributed by atoms with E-state index in [0.717, 1.165) is 6.07 Å². The molecule has 0 saturated heterocycles. The molecule has 4 N–H and O–H groups in total. The number of nitrogen functional groups attached to an aromatic ring is 1. The Morgan fingerprint density at radius 3 is 2.60 bits per heavy atom. The van der Waals surface area contributed by atoms with E-state index in [-0.39, 0.29) is 11.1 Å². The van der Waals surface area contributed by atoms with Crippen molar-refractivity contribution in [2.24, 2.45) is 5.73 Å². The lowest BCUT2D eigenvalue weighted by molar-refractivity contribution is 0.0999. The van der Waals surface area contributed by atoms with Gasteiger partial charge in [0.1, 0.15) is 23.1 Å². The number of carbonyl (C=O) groups excluding carboxylic acids is 1. The normalized spacial score (nSPS) is 10.0. The number of hydrogen-bond donors (Lipinski definition) is 2. The molecule has 1 aromatic heterocycles. The molecular formula is C8H6F2N4O. The van der Waals surface area contributed by atoms with Crippen LogP contribution in [0.2, 0.25) is 0 Å². The highest BCUT2D eigenvalue weighted by molar-refractivity contribution is 5.96. The van der Waals surface area contributed by atoms with E-state index < -0.39 is 23.8 Å². The predicted molar refractivity (Wildman–Crippen MR) is 46.8 cm³/mol. The van der Waals surface area contributed by atoms with Gasteiger partial charge in [-0.15, -0.1) is 0 Å². The number of primary amides is 1. The second kappa shape index (κ2) is 3.88. The minimum Gasteiger partial charge on any atom is -0.383 e. The lowest BCUT2D eigenvalue weighted by atomic mass is 10.1. The van der Waals surface area contributed by atoms with Crippen molar-refractivity contribution in [2.45, 2.75) is 6.43 Å². The summed E-state index contributed by atoms with van der Waals surface area (Å²) in [6, 6.07) is 2.34. The van der Waals surface area contributed by atoms with Crippen LogP contribution in [0.1, 0.15) is 28.0 Å². The summed E-state index contributed by atoms with van der Waals surface area (Å²) in [4.78, 5) is 14.1. The molecule has 0 unspecified atom stereocenters. The van der Waals surface area contributed by atoms with Gasteiger partial charge in [0.05, 0.1) is 5.56 Å². The molecule has 7 heteroatoms. The summed E-state index contributed by atoms with van der Waals surface area (Å²) in [5.41, 5.74) is 8.83. The van der Waals surface area contributed by atoms with Gasteiger partial charge in [0.2, 0.25) is 5.91 Å². The zero-order valence-corrected chi connectivity index (χ0v) is 7.37. The van der Waals surface area contributed by atoms with Gasteiger partial charge in [-0.05, 0) is 6.07 Å². The molecule has 0 aliphatic carbocycles. The van der Waals surface area contributed by atoms with Gasteiger partial charge in [-0.1, -0.05) is 0 Å². The van der Waals surface area contributed by atoms with E-state index in [9.17, 15) is 13.6 Å².